The molecule has 0 bridgehead atoms. The molecule has 27 heavy (non-hydrogen) atoms. The van der Waals surface area contributed by atoms with E-state index in [1.807, 2.05) is 12.1 Å². The largest absolute Gasteiger partial charge is 0.484 e. The van der Waals surface area contributed by atoms with Crippen LogP contribution in [0.1, 0.15) is 0 Å². The average Bonchev–Trinajstić information content (AvgIpc) is 2.68. The summed E-state index contributed by atoms with van der Waals surface area (Å²) in [6, 6.07) is 17.7. The van der Waals surface area contributed by atoms with Crippen LogP contribution in [0.2, 0.25) is 0 Å². The van der Waals surface area contributed by atoms with Gasteiger partial charge in [0, 0.05) is 17.1 Å². The van der Waals surface area contributed by atoms with Gasteiger partial charge in [-0.15, -0.1) is 0 Å². The number of hydrogen-bond acceptors (Lipinski definition) is 4. The van der Waals surface area contributed by atoms with Crippen molar-refractivity contribution in [2.24, 2.45) is 0 Å². The van der Waals surface area contributed by atoms with Crippen LogP contribution in [0.3, 0.4) is 0 Å². The number of fused-ring (bicyclic) bond motifs is 3. The molecule has 0 fully saturated rings. The normalized spacial score (nSPS) is 10.9. The van der Waals surface area contributed by atoms with Crippen molar-refractivity contribution < 1.29 is 18.3 Å². The summed E-state index contributed by atoms with van der Waals surface area (Å²) in [5, 5.41) is 4.70. The van der Waals surface area contributed by atoms with Gasteiger partial charge in [-0.2, -0.15) is 0 Å². The minimum absolute atomic E-state index is 0.235. The Bertz CT molecular complexity index is 1200. The maximum atomic E-state index is 12.9. The topological polar surface area (TPSA) is 68.5 Å². The quantitative estimate of drug-likeness (QED) is 0.438. The van der Waals surface area contributed by atoms with Gasteiger partial charge in [-0.3, -0.25) is 4.79 Å². The molecule has 0 spiro atoms. The monoisotopic (exact) mass is 363 g/mol. The first-order valence-electron chi connectivity index (χ1n) is 8.24. The van der Waals surface area contributed by atoms with Gasteiger partial charge in [0.1, 0.15) is 17.1 Å². The summed E-state index contributed by atoms with van der Waals surface area (Å²) in [7, 11) is 0. The molecule has 3 aromatic carbocycles. The molecule has 0 saturated carbocycles. The molecule has 1 amide bonds. The summed E-state index contributed by atoms with van der Waals surface area (Å²) in [6.45, 7) is -0.235. The van der Waals surface area contributed by atoms with Gasteiger partial charge in [-0.05, 0) is 47.9 Å². The molecule has 0 unspecified atom stereocenters. The summed E-state index contributed by atoms with van der Waals surface area (Å²) in [6.07, 6.45) is 0. The van der Waals surface area contributed by atoms with Crippen LogP contribution < -0.4 is 15.7 Å². The molecule has 4 rings (SSSR count). The van der Waals surface area contributed by atoms with Crippen molar-refractivity contribution >= 4 is 33.3 Å². The van der Waals surface area contributed by atoms with E-state index in [1.54, 1.807) is 30.3 Å². The highest BCUT2D eigenvalue weighted by Gasteiger charge is 2.09. The zero-order valence-corrected chi connectivity index (χ0v) is 14.1. The Morgan fingerprint density at radius 2 is 1.70 bits per heavy atom. The molecule has 0 atom stereocenters. The molecule has 1 heterocycles. The molecule has 0 saturated heterocycles. The molecule has 5 nitrogen and oxygen atoms in total. The van der Waals surface area contributed by atoms with Crippen molar-refractivity contribution in [1.29, 1.82) is 0 Å². The van der Waals surface area contributed by atoms with Crippen LogP contribution in [-0.2, 0) is 4.79 Å². The fourth-order valence-corrected chi connectivity index (χ4v) is 2.83. The third-order valence-corrected chi connectivity index (χ3v) is 4.09. The molecule has 0 aliphatic heterocycles. The van der Waals surface area contributed by atoms with Gasteiger partial charge in [0.25, 0.3) is 5.91 Å². The van der Waals surface area contributed by atoms with Crippen LogP contribution in [0.4, 0.5) is 10.1 Å². The highest BCUT2D eigenvalue weighted by atomic mass is 19.1. The fraction of sp³-hybridized carbons (Fsp3) is 0.0476. The lowest BCUT2D eigenvalue weighted by Gasteiger charge is -2.09. The summed E-state index contributed by atoms with van der Waals surface area (Å²) < 4.78 is 23.7. The first kappa shape index (κ1) is 16.8. The van der Waals surface area contributed by atoms with E-state index in [0.717, 1.165) is 10.8 Å². The van der Waals surface area contributed by atoms with E-state index in [1.165, 1.54) is 24.3 Å². The van der Waals surface area contributed by atoms with Crippen LogP contribution in [0, 0.1) is 5.82 Å². The number of carbonyl (C=O) groups is 1. The Labute approximate surface area is 153 Å². The van der Waals surface area contributed by atoms with E-state index in [-0.39, 0.29) is 18.3 Å². The van der Waals surface area contributed by atoms with Crippen molar-refractivity contribution in [2.75, 3.05) is 11.9 Å². The van der Waals surface area contributed by atoms with Gasteiger partial charge >= 0.3 is 5.63 Å². The van der Waals surface area contributed by atoms with Crippen molar-refractivity contribution in [3.05, 3.63) is 83.0 Å². The molecule has 1 aromatic heterocycles. The Balaban J connectivity index is 1.52. The second-order valence-corrected chi connectivity index (χ2v) is 5.94. The molecule has 0 aliphatic rings. The lowest BCUT2D eigenvalue weighted by Crippen LogP contribution is -2.20. The number of carbonyl (C=O) groups excluding carboxylic acids is 1. The molecule has 0 aliphatic carbocycles. The van der Waals surface area contributed by atoms with Crippen LogP contribution in [0.25, 0.3) is 21.7 Å². The van der Waals surface area contributed by atoms with E-state index < -0.39 is 5.63 Å². The number of nitrogens with one attached hydrogen (secondary N) is 1. The lowest BCUT2D eigenvalue weighted by molar-refractivity contribution is -0.118. The number of halogens is 1. The first-order chi connectivity index (χ1) is 13.1. The molecular weight excluding hydrogens is 349 g/mol. The predicted octanol–water partition coefficient (Wildman–Crippen LogP) is 4.10. The summed E-state index contributed by atoms with van der Waals surface area (Å²) >= 11 is 0. The Morgan fingerprint density at radius 3 is 2.48 bits per heavy atom. The third kappa shape index (κ3) is 3.50. The van der Waals surface area contributed by atoms with Crippen molar-refractivity contribution in [3.63, 3.8) is 0 Å². The van der Waals surface area contributed by atoms with Gasteiger partial charge in [0.15, 0.2) is 6.61 Å². The van der Waals surface area contributed by atoms with Crippen molar-refractivity contribution in [2.45, 2.75) is 0 Å². The molecule has 134 valence electrons. The number of hydrogen-bond donors (Lipinski definition) is 1. The standard InChI is InChI=1S/C21H14FNO4/c22-13-5-7-14(8-6-13)23-20(24)12-26-15-9-10-17-16-3-1-2-4-18(16)21(25)27-19(17)11-15/h1-11H,12H2,(H,23,24). The smallest absolute Gasteiger partial charge is 0.344 e. The summed E-state index contributed by atoms with van der Waals surface area (Å²) in [5.74, 6) is -0.369. The number of rotatable bonds is 4. The average molecular weight is 363 g/mol. The van der Waals surface area contributed by atoms with E-state index in [4.69, 9.17) is 9.15 Å². The van der Waals surface area contributed by atoms with E-state index in [9.17, 15) is 14.0 Å². The van der Waals surface area contributed by atoms with Crippen LogP contribution in [0.5, 0.6) is 5.75 Å². The number of benzene rings is 3. The predicted molar refractivity (Wildman–Crippen MR) is 101 cm³/mol. The Morgan fingerprint density at radius 1 is 0.963 bits per heavy atom. The number of anilines is 1. The van der Waals surface area contributed by atoms with Crippen LogP contribution >= 0.6 is 0 Å². The Hall–Kier alpha value is -3.67. The minimum atomic E-state index is -0.427. The third-order valence-electron chi connectivity index (χ3n) is 4.09. The first-order valence-corrected chi connectivity index (χ1v) is 8.24. The molecule has 1 N–H and O–H groups in total. The van der Waals surface area contributed by atoms with Crippen molar-refractivity contribution in [1.82, 2.24) is 0 Å². The zero-order chi connectivity index (χ0) is 18.8. The molecular formula is C21H14FNO4. The van der Waals surface area contributed by atoms with Crippen LogP contribution in [0.15, 0.2) is 75.9 Å². The van der Waals surface area contributed by atoms with Gasteiger partial charge < -0.3 is 14.5 Å². The number of ether oxygens (including phenoxy) is 1. The maximum absolute atomic E-state index is 12.9. The minimum Gasteiger partial charge on any atom is -0.484 e. The Kier molecular flexibility index (Phi) is 4.30. The van der Waals surface area contributed by atoms with Gasteiger partial charge in [-0.1, -0.05) is 18.2 Å². The molecule has 4 aromatic rings. The fourth-order valence-electron chi connectivity index (χ4n) is 2.83. The van der Waals surface area contributed by atoms with E-state index >= 15 is 0 Å². The number of amides is 1. The van der Waals surface area contributed by atoms with E-state index in [2.05, 4.69) is 5.32 Å². The summed E-state index contributed by atoms with van der Waals surface area (Å²) in [4.78, 5) is 24.1. The lowest BCUT2D eigenvalue weighted by atomic mass is 10.1. The van der Waals surface area contributed by atoms with E-state index in [0.29, 0.717) is 22.4 Å². The highest BCUT2D eigenvalue weighted by molar-refractivity contribution is 6.04. The highest BCUT2D eigenvalue weighted by Crippen LogP contribution is 2.26. The maximum Gasteiger partial charge on any atom is 0.344 e. The van der Waals surface area contributed by atoms with Crippen molar-refractivity contribution in [3.8, 4) is 5.75 Å². The molecule has 0 radical (unpaired) electrons. The second-order valence-electron chi connectivity index (χ2n) is 5.94. The SMILES string of the molecule is O=C(COc1ccc2c(c1)oc(=O)c1ccccc12)Nc1ccc(F)cc1. The second kappa shape index (κ2) is 6.92. The van der Waals surface area contributed by atoms with Gasteiger partial charge in [0.05, 0.1) is 5.39 Å². The zero-order valence-electron chi connectivity index (χ0n) is 14.1. The summed E-state index contributed by atoms with van der Waals surface area (Å²) in [5.41, 5.74) is 0.431. The molecule has 6 heteroatoms. The van der Waals surface area contributed by atoms with Crippen LogP contribution in [-0.4, -0.2) is 12.5 Å². The van der Waals surface area contributed by atoms with Gasteiger partial charge in [0.2, 0.25) is 0 Å². The van der Waals surface area contributed by atoms with Gasteiger partial charge in [-0.25, -0.2) is 9.18 Å².